The van der Waals surface area contributed by atoms with Crippen LogP contribution >= 0.6 is 12.4 Å². The normalized spacial score (nSPS) is 20.2. The van der Waals surface area contributed by atoms with Gasteiger partial charge in [-0.2, -0.15) is 0 Å². The minimum Gasteiger partial charge on any atom is -0.467 e. The molecule has 1 aliphatic heterocycles. The van der Waals surface area contributed by atoms with Crippen LogP contribution in [0.2, 0.25) is 0 Å². The zero-order valence-corrected chi connectivity index (χ0v) is 8.68. The first-order chi connectivity index (χ1) is 5.75. The van der Waals surface area contributed by atoms with Crippen LogP contribution in [0.4, 0.5) is 0 Å². The first-order valence-electron chi connectivity index (χ1n) is 4.33. The second-order valence-corrected chi connectivity index (χ2v) is 3.06. The molecule has 0 aromatic carbocycles. The van der Waals surface area contributed by atoms with E-state index in [-0.39, 0.29) is 18.4 Å². The van der Waals surface area contributed by atoms with Gasteiger partial charge >= 0.3 is 5.97 Å². The van der Waals surface area contributed by atoms with E-state index >= 15 is 0 Å². The Labute approximate surface area is 84.8 Å². The molecule has 0 aromatic rings. The summed E-state index contributed by atoms with van der Waals surface area (Å²) in [6, 6.07) is 0. The van der Waals surface area contributed by atoms with Crippen molar-refractivity contribution in [1.82, 2.24) is 4.90 Å². The Hall–Kier alpha value is -0.320. The Morgan fingerprint density at radius 1 is 1.38 bits per heavy atom. The second-order valence-electron chi connectivity index (χ2n) is 3.06. The van der Waals surface area contributed by atoms with Crippen LogP contribution in [0.5, 0.6) is 0 Å². The zero-order valence-electron chi connectivity index (χ0n) is 7.86. The molecule has 78 valence electrons. The molecule has 1 atom stereocenters. The van der Waals surface area contributed by atoms with Gasteiger partial charge in [0.05, 0.1) is 7.11 Å². The number of nitrogens with zero attached hydrogens (tertiary/aromatic N) is 1. The molecule has 0 spiro atoms. The summed E-state index contributed by atoms with van der Waals surface area (Å²) in [6.45, 7) is 1.83. The topological polar surface area (TPSA) is 55.6 Å². The van der Waals surface area contributed by atoms with E-state index in [1.807, 2.05) is 4.90 Å². The van der Waals surface area contributed by atoms with Gasteiger partial charge in [-0.05, 0) is 12.8 Å². The highest BCUT2D eigenvalue weighted by Gasteiger charge is 2.23. The molecule has 0 amide bonds. The maximum absolute atomic E-state index is 11.0. The molecule has 1 saturated heterocycles. The van der Waals surface area contributed by atoms with Gasteiger partial charge in [0.25, 0.3) is 0 Å². The number of hydrogen-bond acceptors (Lipinski definition) is 4. The van der Waals surface area contributed by atoms with E-state index in [1.165, 1.54) is 13.5 Å². The summed E-state index contributed by atoms with van der Waals surface area (Å²) in [5.74, 6) is -0.336. The van der Waals surface area contributed by atoms with Crippen molar-refractivity contribution in [2.45, 2.75) is 25.4 Å². The second kappa shape index (κ2) is 6.18. The minimum absolute atomic E-state index is 0. The Morgan fingerprint density at radius 2 is 1.92 bits per heavy atom. The van der Waals surface area contributed by atoms with E-state index in [4.69, 9.17) is 5.73 Å². The number of ether oxygens (including phenoxy) is 1. The highest BCUT2D eigenvalue weighted by atomic mass is 35.5. The number of rotatable bonds is 2. The van der Waals surface area contributed by atoms with Gasteiger partial charge in [0.1, 0.15) is 0 Å². The summed E-state index contributed by atoms with van der Waals surface area (Å²) in [7, 11) is 1.37. The summed E-state index contributed by atoms with van der Waals surface area (Å²) in [4.78, 5) is 13.0. The number of methoxy groups -OCH3 is 1. The van der Waals surface area contributed by atoms with Gasteiger partial charge in [-0.1, -0.05) is 6.42 Å². The van der Waals surface area contributed by atoms with Gasteiger partial charge in [-0.15, -0.1) is 12.4 Å². The molecule has 1 aliphatic rings. The number of piperidine rings is 1. The maximum Gasteiger partial charge on any atom is 0.337 e. The van der Waals surface area contributed by atoms with Crippen LogP contribution in [0.25, 0.3) is 0 Å². The van der Waals surface area contributed by atoms with Gasteiger partial charge in [0.15, 0.2) is 6.17 Å². The van der Waals surface area contributed by atoms with Crippen LogP contribution in [-0.4, -0.2) is 37.2 Å². The zero-order chi connectivity index (χ0) is 8.97. The average Bonchev–Trinajstić information content (AvgIpc) is 2.17. The fourth-order valence-corrected chi connectivity index (χ4v) is 1.47. The van der Waals surface area contributed by atoms with E-state index in [0.717, 1.165) is 25.9 Å². The van der Waals surface area contributed by atoms with E-state index in [9.17, 15) is 4.79 Å². The van der Waals surface area contributed by atoms with Crippen molar-refractivity contribution in [3.63, 3.8) is 0 Å². The third-order valence-corrected chi connectivity index (χ3v) is 2.23. The van der Waals surface area contributed by atoms with Crippen molar-refractivity contribution in [1.29, 1.82) is 0 Å². The lowest BCUT2D eigenvalue weighted by atomic mass is 10.1. The number of nitrogens with two attached hydrogens (primary N) is 1. The first-order valence-corrected chi connectivity index (χ1v) is 4.33. The van der Waals surface area contributed by atoms with Gasteiger partial charge in [-0.25, -0.2) is 4.79 Å². The molecule has 13 heavy (non-hydrogen) atoms. The molecule has 1 heterocycles. The molecule has 5 heteroatoms. The van der Waals surface area contributed by atoms with E-state index < -0.39 is 6.17 Å². The quantitative estimate of drug-likeness (QED) is 0.666. The van der Waals surface area contributed by atoms with Crippen LogP contribution < -0.4 is 5.73 Å². The molecular weight excluding hydrogens is 192 g/mol. The predicted molar refractivity (Wildman–Crippen MR) is 52.7 cm³/mol. The Balaban J connectivity index is 0.00000144. The molecule has 1 unspecified atom stereocenters. The van der Waals surface area contributed by atoms with Gasteiger partial charge in [0.2, 0.25) is 0 Å². The number of likely N-dealkylation sites (tertiary alicyclic amines) is 1. The van der Waals surface area contributed by atoms with Crippen LogP contribution in [0.15, 0.2) is 0 Å². The summed E-state index contributed by atoms with van der Waals surface area (Å²) in [5, 5.41) is 0. The van der Waals surface area contributed by atoms with Crippen molar-refractivity contribution in [2.75, 3.05) is 20.2 Å². The molecule has 1 rings (SSSR count). The fourth-order valence-electron chi connectivity index (χ4n) is 1.47. The van der Waals surface area contributed by atoms with Crippen LogP contribution in [0.1, 0.15) is 19.3 Å². The van der Waals surface area contributed by atoms with Crippen LogP contribution in [0.3, 0.4) is 0 Å². The van der Waals surface area contributed by atoms with Crippen molar-refractivity contribution in [3.8, 4) is 0 Å². The van der Waals surface area contributed by atoms with Crippen molar-refractivity contribution in [2.24, 2.45) is 5.73 Å². The Morgan fingerprint density at radius 3 is 2.38 bits per heavy atom. The van der Waals surface area contributed by atoms with E-state index in [0.29, 0.717) is 0 Å². The number of carbonyl (C=O) groups excluding carboxylic acids is 1. The molecule has 0 radical (unpaired) electrons. The lowest BCUT2D eigenvalue weighted by Crippen LogP contribution is -2.50. The Bertz CT molecular complexity index is 160. The third-order valence-electron chi connectivity index (χ3n) is 2.23. The molecule has 1 fully saturated rings. The average molecular weight is 209 g/mol. The fraction of sp³-hybridized carbons (Fsp3) is 0.875. The summed E-state index contributed by atoms with van der Waals surface area (Å²) in [5.41, 5.74) is 5.65. The standard InChI is InChI=1S/C8H16N2O2.ClH/c1-12-8(11)7(9)10-5-3-2-4-6-10;/h7H,2-6,9H2,1H3;1H. The number of halogens is 1. The van der Waals surface area contributed by atoms with E-state index in [1.54, 1.807) is 0 Å². The van der Waals surface area contributed by atoms with Crippen molar-refractivity contribution < 1.29 is 9.53 Å². The SMILES string of the molecule is COC(=O)C(N)N1CCCCC1.Cl. The Kier molecular flexibility index (Phi) is 6.03. The number of carbonyl (C=O) groups is 1. The lowest BCUT2D eigenvalue weighted by Gasteiger charge is -2.29. The summed E-state index contributed by atoms with van der Waals surface area (Å²) in [6.07, 6.45) is 2.94. The molecule has 0 bridgehead atoms. The summed E-state index contributed by atoms with van der Waals surface area (Å²) >= 11 is 0. The summed E-state index contributed by atoms with van der Waals surface area (Å²) < 4.78 is 4.56. The highest BCUT2D eigenvalue weighted by Crippen LogP contribution is 2.10. The molecule has 0 aliphatic carbocycles. The van der Waals surface area contributed by atoms with Crippen molar-refractivity contribution in [3.05, 3.63) is 0 Å². The minimum atomic E-state index is -0.560. The van der Waals surface area contributed by atoms with Gasteiger partial charge < -0.3 is 10.5 Å². The molecule has 2 N–H and O–H groups in total. The lowest BCUT2D eigenvalue weighted by molar-refractivity contribution is -0.147. The van der Waals surface area contributed by atoms with Crippen LogP contribution in [-0.2, 0) is 9.53 Å². The predicted octanol–water partition coefficient (Wildman–Crippen LogP) is 0.352. The molecule has 0 saturated carbocycles. The highest BCUT2D eigenvalue weighted by molar-refractivity contribution is 5.85. The first kappa shape index (κ1) is 12.7. The maximum atomic E-state index is 11.0. The third kappa shape index (κ3) is 3.50. The molecule has 4 nitrogen and oxygen atoms in total. The van der Waals surface area contributed by atoms with Gasteiger partial charge in [-0.3, -0.25) is 4.90 Å². The molecule has 0 aromatic heterocycles. The van der Waals surface area contributed by atoms with E-state index in [2.05, 4.69) is 4.74 Å². The number of esters is 1. The van der Waals surface area contributed by atoms with Crippen LogP contribution in [0, 0.1) is 0 Å². The monoisotopic (exact) mass is 208 g/mol. The van der Waals surface area contributed by atoms with Crippen molar-refractivity contribution >= 4 is 18.4 Å². The molecular formula is C8H17ClN2O2. The smallest absolute Gasteiger partial charge is 0.337 e. The largest absolute Gasteiger partial charge is 0.467 e. The van der Waals surface area contributed by atoms with Gasteiger partial charge in [0, 0.05) is 13.1 Å². The number of hydrogen-bond donors (Lipinski definition) is 1.